The lowest BCUT2D eigenvalue weighted by Crippen LogP contribution is -2.28. The predicted octanol–water partition coefficient (Wildman–Crippen LogP) is 2.39. The Labute approximate surface area is 229 Å². The first kappa shape index (κ1) is 28.2. The van der Waals surface area contributed by atoms with Gasteiger partial charge in [-0.15, -0.1) is 0 Å². The zero-order chi connectivity index (χ0) is 27.5. The first-order valence-corrected chi connectivity index (χ1v) is 12.6. The van der Waals surface area contributed by atoms with Crippen molar-refractivity contribution < 1.29 is 24.2 Å². The van der Waals surface area contributed by atoms with Crippen molar-refractivity contribution in [1.82, 2.24) is 0 Å². The summed E-state index contributed by atoms with van der Waals surface area (Å²) in [4.78, 5) is 14.8. The second-order valence-electron chi connectivity index (χ2n) is 9.01. The highest BCUT2D eigenvalue weighted by atomic mass is 16.5. The fraction of sp³-hybridized carbons (Fsp3) is 0.133. The number of carbonyl (C=O) groups excluding carboxylic acids is 1. The van der Waals surface area contributed by atoms with Crippen LogP contribution in [0.4, 0.5) is 0 Å². The topological polar surface area (TPSA) is 114 Å². The number of rotatable bonds is 5. The molecule has 2 aliphatic rings. The van der Waals surface area contributed by atoms with Crippen molar-refractivity contribution in [3.05, 3.63) is 130 Å². The predicted molar refractivity (Wildman–Crippen MR) is 155 cm³/mol. The Morgan fingerprint density at radius 2 is 1.26 bits per heavy atom. The highest BCUT2D eigenvalue weighted by Crippen LogP contribution is 2.11. The highest BCUT2D eigenvalue weighted by Gasteiger charge is 2.27. The maximum Gasteiger partial charge on any atom is 0.491 e. The first-order chi connectivity index (χ1) is 19.1. The van der Waals surface area contributed by atoms with Crippen molar-refractivity contribution >= 4 is 37.7 Å². The molecular formula is C30H30B2N2O5. The average Bonchev–Trinajstić information content (AvgIpc) is 3.56. The van der Waals surface area contributed by atoms with E-state index in [-0.39, 0.29) is 0 Å². The van der Waals surface area contributed by atoms with Gasteiger partial charge < -0.3 is 25.1 Å². The lowest BCUT2D eigenvalue weighted by Gasteiger charge is -2.00. The Balaban J connectivity index is 0.000000150. The summed E-state index contributed by atoms with van der Waals surface area (Å²) in [5.41, 5.74) is 12.8. The minimum Gasteiger partial charge on any atom is -0.423 e. The summed E-state index contributed by atoms with van der Waals surface area (Å²) in [5.74, 6) is 0. The smallest absolute Gasteiger partial charge is 0.423 e. The van der Waals surface area contributed by atoms with E-state index in [4.69, 9.17) is 15.0 Å². The van der Waals surface area contributed by atoms with Gasteiger partial charge >= 0.3 is 14.2 Å². The summed E-state index contributed by atoms with van der Waals surface area (Å²) in [6.45, 7) is 2.21. The van der Waals surface area contributed by atoms with Gasteiger partial charge in [-0.05, 0) is 38.7 Å². The number of fused-ring (bicyclic) bond motifs is 2. The van der Waals surface area contributed by atoms with E-state index >= 15 is 0 Å². The summed E-state index contributed by atoms with van der Waals surface area (Å²) < 4.78 is 10.1. The van der Waals surface area contributed by atoms with Gasteiger partial charge in [-0.3, -0.25) is 9.79 Å². The average molecular weight is 520 g/mol. The molecule has 7 nitrogen and oxygen atoms in total. The van der Waals surface area contributed by atoms with Gasteiger partial charge in [0, 0.05) is 18.3 Å². The number of aliphatic imine (C=N–C) groups is 1. The Kier molecular flexibility index (Phi) is 10.4. The summed E-state index contributed by atoms with van der Waals surface area (Å²) >= 11 is 0. The minimum atomic E-state index is -0.861. The van der Waals surface area contributed by atoms with Crippen LogP contribution in [0.3, 0.4) is 0 Å². The van der Waals surface area contributed by atoms with Crippen LogP contribution in [0.1, 0.15) is 38.2 Å². The second-order valence-corrected chi connectivity index (χ2v) is 9.01. The molecule has 6 rings (SSSR count). The number of benzene rings is 4. The van der Waals surface area contributed by atoms with Crippen molar-refractivity contribution in [2.24, 2.45) is 10.7 Å². The molecule has 0 fully saturated rings. The zero-order valence-electron chi connectivity index (χ0n) is 21.5. The third-order valence-corrected chi connectivity index (χ3v) is 6.24. The zero-order valence-corrected chi connectivity index (χ0v) is 21.5. The van der Waals surface area contributed by atoms with Crippen LogP contribution in [0.25, 0.3) is 0 Å². The molecule has 4 aromatic rings. The molecule has 196 valence electrons. The van der Waals surface area contributed by atoms with Crippen LogP contribution in [-0.4, -0.2) is 36.8 Å². The monoisotopic (exact) mass is 520 g/mol. The number of hydrogen-bond acceptors (Lipinski definition) is 7. The van der Waals surface area contributed by atoms with E-state index in [0.717, 1.165) is 28.4 Å². The molecule has 4 N–H and O–H groups in total. The molecule has 9 heteroatoms. The van der Waals surface area contributed by atoms with Gasteiger partial charge in [0.2, 0.25) is 0 Å². The normalized spacial score (nSPS) is 13.2. The van der Waals surface area contributed by atoms with E-state index in [1.165, 1.54) is 11.1 Å². The summed E-state index contributed by atoms with van der Waals surface area (Å²) in [5, 5.41) is 18.9. The molecule has 0 spiro atoms. The van der Waals surface area contributed by atoms with E-state index < -0.39 is 14.2 Å². The Morgan fingerprint density at radius 1 is 0.744 bits per heavy atom. The maximum atomic E-state index is 10.4. The van der Waals surface area contributed by atoms with Crippen molar-refractivity contribution in [3.8, 4) is 0 Å². The molecule has 0 aromatic heterocycles. The van der Waals surface area contributed by atoms with Gasteiger partial charge in [-0.2, -0.15) is 0 Å². The van der Waals surface area contributed by atoms with E-state index in [1.54, 1.807) is 18.2 Å². The molecule has 4 aromatic carbocycles. The van der Waals surface area contributed by atoms with Crippen molar-refractivity contribution in [2.45, 2.75) is 26.3 Å². The molecule has 0 aliphatic carbocycles. The highest BCUT2D eigenvalue weighted by molar-refractivity contribution is 6.62. The van der Waals surface area contributed by atoms with Crippen LogP contribution in [0.2, 0.25) is 0 Å². The van der Waals surface area contributed by atoms with Gasteiger partial charge in [0.15, 0.2) is 0 Å². The van der Waals surface area contributed by atoms with Gasteiger partial charge in [0.25, 0.3) is 0 Å². The van der Waals surface area contributed by atoms with Gasteiger partial charge in [0.1, 0.15) is 6.29 Å². The molecule has 2 aliphatic heterocycles. The Hall–Kier alpha value is -3.85. The van der Waals surface area contributed by atoms with Crippen LogP contribution >= 0.6 is 0 Å². The third-order valence-electron chi connectivity index (χ3n) is 6.24. The number of nitrogens with two attached hydrogens (primary N) is 1. The van der Waals surface area contributed by atoms with Crippen molar-refractivity contribution in [1.29, 1.82) is 0 Å². The van der Waals surface area contributed by atoms with Gasteiger partial charge in [-0.25, -0.2) is 0 Å². The molecule has 0 saturated carbocycles. The summed E-state index contributed by atoms with van der Waals surface area (Å²) in [6, 6.07) is 31.2. The van der Waals surface area contributed by atoms with Crippen LogP contribution in [-0.2, 0) is 35.6 Å². The van der Waals surface area contributed by atoms with Crippen molar-refractivity contribution in [3.63, 3.8) is 0 Å². The molecule has 0 atom stereocenters. The second kappa shape index (κ2) is 14.3. The molecule has 39 heavy (non-hydrogen) atoms. The minimum absolute atomic E-state index is 0.426. The molecule has 0 unspecified atom stereocenters. The van der Waals surface area contributed by atoms with Crippen LogP contribution in [0.15, 0.2) is 102 Å². The number of nitrogens with zero attached hydrogens (tertiary/aromatic N) is 1. The van der Waals surface area contributed by atoms with E-state index in [2.05, 4.69) is 17.1 Å². The molecule has 0 amide bonds. The standard InChI is InChI=1S/C15H14BNO2.C8H7BO3.C7H9N/c18-16-15-8-13(6-7-14(15)11-19-16)10-17-9-12-4-2-1-3-5-12;10-4-6-1-2-7-5-12-9(11)8(7)3-6;8-6-7-4-2-1-3-5-7/h1-8,10,18H,9,11H2;1-4,11H,5H2;1-5H,6,8H2. The Bertz CT molecular complexity index is 1390. The van der Waals surface area contributed by atoms with E-state index in [1.807, 2.05) is 72.9 Å². The lowest BCUT2D eigenvalue weighted by molar-refractivity contribution is 0.112. The Morgan fingerprint density at radius 3 is 1.77 bits per heavy atom. The summed E-state index contributed by atoms with van der Waals surface area (Å²) in [6.07, 6.45) is 2.59. The van der Waals surface area contributed by atoms with Crippen molar-refractivity contribution in [2.75, 3.05) is 0 Å². The van der Waals surface area contributed by atoms with E-state index in [9.17, 15) is 14.8 Å². The fourth-order valence-electron chi connectivity index (χ4n) is 4.07. The van der Waals surface area contributed by atoms with Crippen LogP contribution in [0.5, 0.6) is 0 Å². The molecule has 0 radical (unpaired) electrons. The van der Waals surface area contributed by atoms with E-state index in [0.29, 0.717) is 37.3 Å². The quantitative estimate of drug-likeness (QED) is 0.212. The number of carbonyl (C=O) groups is 1. The fourth-order valence-corrected chi connectivity index (χ4v) is 4.07. The first-order valence-electron chi connectivity index (χ1n) is 12.6. The van der Waals surface area contributed by atoms with Gasteiger partial charge in [-0.1, -0.05) is 97.1 Å². The van der Waals surface area contributed by atoms with Crippen LogP contribution in [0, 0.1) is 0 Å². The third kappa shape index (κ3) is 8.07. The van der Waals surface area contributed by atoms with Gasteiger partial charge in [0.05, 0.1) is 19.8 Å². The SMILES string of the molecule is NCc1ccccc1.O=Cc1ccc2c(c1)B(O)OC2.OB1OCc2ccc(C=NCc3ccccc3)cc21. The van der Waals surface area contributed by atoms with Crippen LogP contribution < -0.4 is 16.7 Å². The maximum absolute atomic E-state index is 10.4. The lowest BCUT2D eigenvalue weighted by atomic mass is 9.79. The summed E-state index contributed by atoms with van der Waals surface area (Å²) in [7, 11) is -1.66. The molecular weight excluding hydrogens is 490 g/mol. The molecule has 0 bridgehead atoms. The largest absolute Gasteiger partial charge is 0.491 e. The molecule has 2 heterocycles. The number of aldehydes is 1. The molecule has 0 saturated heterocycles. The number of hydrogen-bond donors (Lipinski definition) is 3.